The molecule has 2 amide bonds. The van der Waals surface area contributed by atoms with Crippen molar-refractivity contribution >= 4 is 11.8 Å². The molecule has 0 aliphatic carbocycles. The largest absolute Gasteiger partial charge is 0.484 e. The van der Waals surface area contributed by atoms with Crippen molar-refractivity contribution in [2.24, 2.45) is 0 Å². The maximum absolute atomic E-state index is 13.0. The Kier molecular flexibility index (Phi) is 9.39. The van der Waals surface area contributed by atoms with Gasteiger partial charge >= 0.3 is 0 Å². The number of aryl methyl sites for hydroxylation is 2. The van der Waals surface area contributed by atoms with Crippen LogP contribution in [-0.2, 0) is 16.0 Å². The molecule has 5 nitrogen and oxygen atoms in total. The van der Waals surface area contributed by atoms with E-state index in [0.717, 1.165) is 24.0 Å². The third kappa shape index (κ3) is 7.21. The highest BCUT2D eigenvalue weighted by Gasteiger charge is 2.25. The molecule has 1 unspecified atom stereocenters. The summed E-state index contributed by atoms with van der Waals surface area (Å²) >= 11 is 0. The summed E-state index contributed by atoms with van der Waals surface area (Å²) in [5.41, 5.74) is 3.42. The Morgan fingerprint density at radius 2 is 1.80 bits per heavy atom. The number of amides is 2. The molecule has 2 rings (SSSR count). The average Bonchev–Trinajstić information content (AvgIpc) is 2.75. The number of ether oxygens (including phenoxy) is 1. The Labute approximate surface area is 180 Å². The normalized spacial score (nSPS) is 11.6. The van der Waals surface area contributed by atoms with E-state index in [-0.39, 0.29) is 18.4 Å². The second kappa shape index (κ2) is 12.0. The summed E-state index contributed by atoms with van der Waals surface area (Å²) in [5, 5.41) is 2.93. The van der Waals surface area contributed by atoms with Crippen LogP contribution in [0.3, 0.4) is 0 Å². The predicted octanol–water partition coefficient (Wildman–Crippen LogP) is 4.06. The van der Waals surface area contributed by atoms with E-state index in [0.29, 0.717) is 25.3 Å². The number of carbonyl (C=O) groups excluding carboxylic acids is 2. The van der Waals surface area contributed by atoms with Gasteiger partial charge in [-0.15, -0.1) is 0 Å². The van der Waals surface area contributed by atoms with E-state index in [1.807, 2.05) is 62.4 Å². The van der Waals surface area contributed by atoms with Gasteiger partial charge in [-0.05, 0) is 62.4 Å². The van der Waals surface area contributed by atoms with Gasteiger partial charge in [-0.1, -0.05) is 49.7 Å². The van der Waals surface area contributed by atoms with Crippen molar-refractivity contribution in [3.05, 3.63) is 65.2 Å². The van der Waals surface area contributed by atoms with Crippen LogP contribution in [0.25, 0.3) is 0 Å². The average molecular weight is 411 g/mol. The second-order valence-electron chi connectivity index (χ2n) is 7.68. The van der Waals surface area contributed by atoms with Gasteiger partial charge in [-0.2, -0.15) is 0 Å². The second-order valence-corrected chi connectivity index (χ2v) is 7.68. The van der Waals surface area contributed by atoms with Crippen LogP contribution in [0.1, 0.15) is 43.4 Å². The van der Waals surface area contributed by atoms with Crippen LogP contribution in [0.5, 0.6) is 5.75 Å². The molecule has 5 heteroatoms. The molecule has 162 valence electrons. The Morgan fingerprint density at radius 3 is 2.47 bits per heavy atom. The molecular weight excluding hydrogens is 376 g/mol. The third-order valence-electron chi connectivity index (χ3n) is 5.32. The molecule has 0 aliphatic heterocycles. The van der Waals surface area contributed by atoms with Crippen molar-refractivity contribution in [3.63, 3.8) is 0 Å². The van der Waals surface area contributed by atoms with Crippen molar-refractivity contribution in [1.82, 2.24) is 10.2 Å². The highest BCUT2D eigenvalue weighted by atomic mass is 16.5. The maximum Gasteiger partial charge on any atom is 0.261 e. The van der Waals surface area contributed by atoms with E-state index < -0.39 is 6.04 Å². The van der Waals surface area contributed by atoms with Crippen LogP contribution in [0, 0.1) is 13.8 Å². The first-order chi connectivity index (χ1) is 14.4. The van der Waals surface area contributed by atoms with E-state index in [1.54, 1.807) is 11.8 Å². The lowest BCUT2D eigenvalue weighted by Crippen LogP contribution is -2.50. The molecule has 0 bridgehead atoms. The molecule has 30 heavy (non-hydrogen) atoms. The fraction of sp³-hybridized carbons (Fsp3) is 0.440. The zero-order valence-corrected chi connectivity index (χ0v) is 18.6. The fourth-order valence-corrected chi connectivity index (χ4v) is 3.14. The first-order valence-corrected chi connectivity index (χ1v) is 10.7. The minimum Gasteiger partial charge on any atom is -0.484 e. The third-order valence-corrected chi connectivity index (χ3v) is 5.32. The van der Waals surface area contributed by atoms with Crippen molar-refractivity contribution in [2.75, 3.05) is 19.7 Å². The molecule has 0 radical (unpaired) electrons. The van der Waals surface area contributed by atoms with E-state index in [9.17, 15) is 9.59 Å². The molecule has 2 aromatic carbocycles. The van der Waals surface area contributed by atoms with Gasteiger partial charge in [0.1, 0.15) is 11.8 Å². The number of nitrogens with zero attached hydrogens (tertiary/aromatic N) is 1. The van der Waals surface area contributed by atoms with Gasteiger partial charge in [-0.25, -0.2) is 0 Å². The Balaban J connectivity index is 2.04. The Morgan fingerprint density at radius 1 is 1.07 bits per heavy atom. The number of nitrogens with one attached hydrogen (secondary N) is 1. The topological polar surface area (TPSA) is 58.6 Å². The first-order valence-electron chi connectivity index (χ1n) is 10.7. The molecule has 0 aliphatic rings. The summed E-state index contributed by atoms with van der Waals surface area (Å²) in [6, 6.07) is 15.2. The fourth-order valence-electron chi connectivity index (χ4n) is 3.14. The molecule has 1 N–H and O–H groups in total. The molecule has 0 saturated heterocycles. The number of carbonyl (C=O) groups is 2. The monoisotopic (exact) mass is 410 g/mol. The SMILES string of the molecule is CCCCNC(=O)C(C)N(CCc1ccccc1)C(=O)COc1ccc(C)c(C)c1. The van der Waals surface area contributed by atoms with Crippen molar-refractivity contribution in [3.8, 4) is 5.75 Å². The zero-order valence-electron chi connectivity index (χ0n) is 18.6. The van der Waals surface area contributed by atoms with Crippen molar-refractivity contribution in [2.45, 2.75) is 53.0 Å². The summed E-state index contributed by atoms with van der Waals surface area (Å²) < 4.78 is 5.74. The molecule has 0 saturated carbocycles. The summed E-state index contributed by atoms with van der Waals surface area (Å²) in [4.78, 5) is 27.2. The Bertz CT molecular complexity index is 820. The highest BCUT2D eigenvalue weighted by Crippen LogP contribution is 2.17. The van der Waals surface area contributed by atoms with Gasteiger partial charge in [0.2, 0.25) is 5.91 Å². The first kappa shape index (κ1) is 23.5. The summed E-state index contributed by atoms with van der Waals surface area (Å²) in [5.74, 6) is 0.341. The molecule has 0 heterocycles. The minimum atomic E-state index is -0.554. The van der Waals surface area contributed by atoms with Gasteiger partial charge in [-0.3, -0.25) is 9.59 Å². The highest BCUT2D eigenvalue weighted by molar-refractivity contribution is 5.87. The van der Waals surface area contributed by atoms with Crippen LogP contribution < -0.4 is 10.1 Å². The van der Waals surface area contributed by atoms with Crippen molar-refractivity contribution < 1.29 is 14.3 Å². The molecule has 0 aromatic heterocycles. The lowest BCUT2D eigenvalue weighted by molar-refractivity contribution is -0.141. The van der Waals surface area contributed by atoms with Gasteiger partial charge in [0, 0.05) is 13.1 Å². The van der Waals surface area contributed by atoms with Crippen molar-refractivity contribution in [1.29, 1.82) is 0 Å². The molecule has 2 aromatic rings. The lowest BCUT2D eigenvalue weighted by atomic mass is 10.1. The lowest BCUT2D eigenvalue weighted by Gasteiger charge is -2.28. The smallest absolute Gasteiger partial charge is 0.261 e. The Hall–Kier alpha value is -2.82. The quantitative estimate of drug-likeness (QED) is 0.569. The number of benzene rings is 2. The number of hydrogen-bond acceptors (Lipinski definition) is 3. The van der Waals surface area contributed by atoms with Crippen LogP contribution in [0.2, 0.25) is 0 Å². The number of rotatable bonds is 11. The van der Waals surface area contributed by atoms with Gasteiger partial charge in [0.15, 0.2) is 6.61 Å². The van der Waals surface area contributed by atoms with E-state index in [4.69, 9.17) is 4.74 Å². The molecular formula is C25H34N2O3. The number of unbranched alkanes of at least 4 members (excludes halogenated alkanes) is 1. The van der Waals surface area contributed by atoms with Gasteiger partial charge < -0.3 is 15.0 Å². The van der Waals surface area contributed by atoms with E-state index in [2.05, 4.69) is 12.2 Å². The number of hydrogen-bond donors (Lipinski definition) is 1. The van der Waals surface area contributed by atoms with Gasteiger partial charge in [0.25, 0.3) is 5.91 Å². The van der Waals surface area contributed by atoms with E-state index >= 15 is 0 Å². The summed E-state index contributed by atoms with van der Waals surface area (Å²) in [6.07, 6.45) is 2.62. The standard InChI is InChI=1S/C25H34N2O3/c1-5-6-15-26-25(29)21(4)27(16-14-22-10-8-7-9-11-22)24(28)18-30-23-13-12-19(2)20(3)17-23/h7-13,17,21H,5-6,14-16,18H2,1-4H3,(H,26,29). The van der Waals surface area contributed by atoms with Crippen LogP contribution >= 0.6 is 0 Å². The van der Waals surface area contributed by atoms with E-state index in [1.165, 1.54) is 5.56 Å². The zero-order chi connectivity index (χ0) is 21.9. The maximum atomic E-state index is 13.0. The van der Waals surface area contributed by atoms with Crippen LogP contribution in [0.15, 0.2) is 48.5 Å². The summed E-state index contributed by atoms with van der Waals surface area (Å²) in [7, 11) is 0. The molecule has 0 spiro atoms. The summed E-state index contributed by atoms with van der Waals surface area (Å²) in [6.45, 7) is 8.90. The van der Waals surface area contributed by atoms with Crippen LogP contribution in [-0.4, -0.2) is 42.5 Å². The minimum absolute atomic E-state index is 0.0934. The van der Waals surface area contributed by atoms with Crippen LogP contribution in [0.4, 0.5) is 0 Å². The molecule has 0 fully saturated rings. The predicted molar refractivity (Wildman–Crippen MR) is 121 cm³/mol. The molecule has 1 atom stereocenters. The van der Waals surface area contributed by atoms with Gasteiger partial charge in [0.05, 0.1) is 0 Å².